The Hall–Kier alpha value is -2.85. The van der Waals surface area contributed by atoms with Gasteiger partial charge in [-0.3, -0.25) is 9.47 Å². The Bertz CT molecular complexity index is 1370. The van der Waals surface area contributed by atoms with E-state index in [0.717, 1.165) is 43.0 Å². The maximum atomic E-state index is 13.9. The van der Waals surface area contributed by atoms with Crippen LogP contribution in [0.2, 0.25) is 5.02 Å². The van der Waals surface area contributed by atoms with Gasteiger partial charge in [-0.1, -0.05) is 11.6 Å². The van der Waals surface area contributed by atoms with Gasteiger partial charge in [0.05, 0.1) is 31.6 Å². The van der Waals surface area contributed by atoms with Gasteiger partial charge in [0, 0.05) is 48.5 Å². The third-order valence-corrected chi connectivity index (χ3v) is 8.32. The van der Waals surface area contributed by atoms with E-state index in [1.807, 2.05) is 18.2 Å². The van der Waals surface area contributed by atoms with Gasteiger partial charge in [-0.2, -0.15) is 0 Å². The Labute approximate surface area is 210 Å². The predicted molar refractivity (Wildman–Crippen MR) is 126 cm³/mol. The summed E-state index contributed by atoms with van der Waals surface area (Å²) in [4.78, 5) is 8.14. The summed E-state index contributed by atoms with van der Waals surface area (Å²) in [5.74, 6) is -0.210. The first-order chi connectivity index (χ1) is 17.2. The molecule has 7 nitrogen and oxygen atoms in total. The van der Waals surface area contributed by atoms with Gasteiger partial charge in [0.2, 0.25) is 0 Å². The largest absolute Gasteiger partial charge is 0.493 e. The maximum absolute atomic E-state index is 13.9. The Kier molecular flexibility index (Phi) is 4.71. The number of anilines is 1. The van der Waals surface area contributed by atoms with Crippen LogP contribution in [0.15, 0.2) is 30.5 Å². The zero-order valence-electron chi connectivity index (χ0n) is 19.6. The summed E-state index contributed by atoms with van der Waals surface area (Å²) in [5.41, 5.74) is 1.97. The van der Waals surface area contributed by atoms with Gasteiger partial charge in [-0.05, 0) is 36.6 Å². The molecule has 1 unspecified atom stereocenters. The molecular weight excluding hydrogens is 493 g/mol. The van der Waals surface area contributed by atoms with Crippen molar-refractivity contribution in [3.8, 4) is 11.4 Å². The molecule has 2 aromatic heterocycles. The highest BCUT2D eigenvalue weighted by atomic mass is 35.5. The van der Waals surface area contributed by atoms with Crippen molar-refractivity contribution in [2.75, 3.05) is 25.1 Å². The molecule has 1 saturated heterocycles. The quantitative estimate of drug-likeness (QED) is 0.506. The number of hydrogen-bond acceptors (Lipinski definition) is 6. The molecule has 11 heteroatoms. The van der Waals surface area contributed by atoms with E-state index in [4.69, 9.17) is 16.3 Å². The smallest absolute Gasteiger partial charge is 0.265 e. The number of alkyl halides is 2. The average Bonchev–Trinajstić information content (AvgIpc) is 3.30. The highest BCUT2D eigenvalue weighted by Gasteiger charge is 2.60. The summed E-state index contributed by atoms with van der Waals surface area (Å²) in [7, 11) is 1.52. The molecule has 0 radical (unpaired) electrons. The van der Waals surface area contributed by atoms with Crippen LogP contribution in [0, 0.1) is 11.2 Å². The van der Waals surface area contributed by atoms with E-state index in [2.05, 4.69) is 24.6 Å². The van der Waals surface area contributed by atoms with Gasteiger partial charge in [-0.25, -0.2) is 18.2 Å². The molecule has 0 bridgehead atoms. The first-order valence-corrected chi connectivity index (χ1v) is 12.4. The summed E-state index contributed by atoms with van der Waals surface area (Å²) >= 11 is 6.28. The van der Waals surface area contributed by atoms with Crippen molar-refractivity contribution in [2.45, 2.75) is 50.2 Å². The van der Waals surface area contributed by atoms with E-state index in [1.165, 1.54) is 19.4 Å². The molecule has 7 rings (SSSR count). The van der Waals surface area contributed by atoms with E-state index in [-0.39, 0.29) is 17.8 Å². The second kappa shape index (κ2) is 7.58. The fraction of sp³-hybridized carbons (Fsp3) is 0.480. The molecule has 2 saturated carbocycles. The molecule has 1 atom stereocenters. The zero-order valence-corrected chi connectivity index (χ0v) is 20.4. The van der Waals surface area contributed by atoms with Crippen LogP contribution in [-0.4, -0.2) is 56.8 Å². The first kappa shape index (κ1) is 22.4. The van der Waals surface area contributed by atoms with Gasteiger partial charge in [0.15, 0.2) is 17.4 Å². The van der Waals surface area contributed by atoms with Crippen molar-refractivity contribution in [1.29, 1.82) is 0 Å². The van der Waals surface area contributed by atoms with E-state index >= 15 is 0 Å². The lowest BCUT2D eigenvalue weighted by atomic mass is 9.57. The van der Waals surface area contributed by atoms with Gasteiger partial charge in [-0.15, -0.1) is 10.2 Å². The van der Waals surface area contributed by atoms with Gasteiger partial charge < -0.3 is 9.64 Å². The van der Waals surface area contributed by atoms with Gasteiger partial charge in [0.1, 0.15) is 11.6 Å². The summed E-state index contributed by atoms with van der Waals surface area (Å²) in [5, 5.41) is 9.58. The molecule has 1 spiro atoms. The number of pyridine rings is 1. The Balaban J connectivity index is 1.13. The highest BCUT2D eigenvalue weighted by Crippen LogP contribution is 2.57. The minimum absolute atomic E-state index is 0.126. The van der Waals surface area contributed by atoms with Crippen molar-refractivity contribution < 1.29 is 17.9 Å². The zero-order chi connectivity index (χ0) is 24.8. The van der Waals surface area contributed by atoms with Gasteiger partial charge >= 0.3 is 0 Å². The lowest BCUT2D eigenvalue weighted by molar-refractivity contribution is 0.0576. The van der Waals surface area contributed by atoms with E-state index in [0.29, 0.717) is 35.5 Å². The molecule has 0 amide bonds. The van der Waals surface area contributed by atoms with Crippen LogP contribution in [0.5, 0.6) is 5.75 Å². The lowest BCUT2D eigenvalue weighted by Crippen LogP contribution is -2.62. The molecule has 2 aliphatic carbocycles. The summed E-state index contributed by atoms with van der Waals surface area (Å²) in [6.45, 7) is 2.35. The van der Waals surface area contributed by atoms with E-state index in [9.17, 15) is 13.2 Å². The minimum Gasteiger partial charge on any atom is -0.493 e. The summed E-state index contributed by atoms with van der Waals surface area (Å²) in [6, 6.07) is 6.20. The van der Waals surface area contributed by atoms with Gasteiger partial charge in [0.25, 0.3) is 5.92 Å². The number of fused-ring (bicyclic) bond motifs is 3. The molecule has 36 heavy (non-hydrogen) atoms. The van der Waals surface area contributed by atoms with E-state index in [1.54, 1.807) is 4.90 Å². The van der Waals surface area contributed by atoms with Crippen molar-refractivity contribution in [2.24, 2.45) is 5.41 Å². The van der Waals surface area contributed by atoms with Crippen LogP contribution >= 0.6 is 11.6 Å². The third-order valence-electron chi connectivity index (χ3n) is 8.08. The highest BCUT2D eigenvalue weighted by molar-refractivity contribution is 6.30. The SMILES string of the molecule is COc1cc(F)cnc1N1CC2(CC(c3nnc4n3-c3ccc(Cl)cc3CN(C3CC3(F)F)C4)C2)C1. The number of rotatable bonds is 4. The normalized spacial score (nSPS) is 23.9. The number of aromatic nitrogens is 4. The maximum Gasteiger partial charge on any atom is 0.265 e. The Morgan fingerprint density at radius 3 is 2.58 bits per heavy atom. The molecule has 2 aliphatic heterocycles. The van der Waals surface area contributed by atoms with Crippen molar-refractivity contribution in [3.63, 3.8) is 0 Å². The van der Waals surface area contributed by atoms with Crippen LogP contribution in [0.25, 0.3) is 5.69 Å². The Morgan fingerprint density at radius 1 is 1.08 bits per heavy atom. The number of hydrogen-bond donors (Lipinski definition) is 0. The van der Waals surface area contributed by atoms with Crippen LogP contribution < -0.4 is 9.64 Å². The number of benzene rings is 1. The second-order valence-corrected chi connectivity index (χ2v) is 11.0. The number of nitrogens with zero attached hydrogens (tertiary/aromatic N) is 6. The molecule has 4 aliphatic rings. The van der Waals surface area contributed by atoms with Crippen molar-refractivity contribution in [3.05, 3.63) is 58.5 Å². The fourth-order valence-electron chi connectivity index (χ4n) is 6.27. The van der Waals surface area contributed by atoms with Crippen molar-refractivity contribution in [1.82, 2.24) is 24.6 Å². The molecule has 1 aromatic carbocycles. The van der Waals surface area contributed by atoms with Crippen molar-refractivity contribution >= 4 is 17.4 Å². The van der Waals surface area contributed by atoms with Crippen LogP contribution in [0.4, 0.5) is 19.0 Å². The van der Waals surface area contributed by atoms with Crippen LogP contribution in [-0.2, 0) is 13.1 Å². The van der Waals surface area contributed by atoms with Crippen LogP contribution in [0.3, 0.4) is 0 Å². The standard InChI is InChI=1S/C25H24ClF3N6O/c1-36-19-5-17(27)9-30-23(19)34-12-24(13-34)6-15(7-24)22-32-31-21-11-33(20-8-25(20,28)29)10-14-4-16(26)2-3-18(14)35(21)22/h2-5,9,15,20H,6-8,10-13H2,1H3. The monoisotopic (exact) mass is 516 g/mol. The summed E-state index contributed by atoms with van der Waals surface area (Å²) in [6.07, 6.45) is 2.97. The number of methoxy groups -OCH3 is 1. The molecule has 3 aromatic rings. The second-order valence-electron chi connectivity index (χ2n) is 10.6. The topological polar surface area (TPSA) is 59.3 Å². The van der Waals surface area contributed by atoms with E-state index < -0.39 is 17.8 Å². The molecule has 188 valence electrons. The minimum atomic E-state index is -2.66. The van der Waals surface area contributed by atoms with Crippen LogP contribution in [0.1, 0.15) is 42.4 Å². The molecular formula is C25H24ClF3N6O. The number of halogens is 4. The molecule has 3 fully saturated rings. The fourth-order valence-corrected chi connectivity index (χ4v) is 6.47. The first-order valence-electron chi connectivity index (χ1n) is 12.0. The predicted octanol–water partition coefficient (Wildman–Crippen LogP) is 4.57. The molecule has 0 N–H and O–H groups in total. The average molecular weight is 517 g/mol. The lowest BCUT2D eigenvalue weighted by Gasteiger charge is -2.59. The molecule has 4 heterocycles. The Morgan fingerprint density at radius 2 is 1.86 bits per heavy atom. The third kappa shape index (κ3) is 3.41. The number of ether oxygens (including phenoxy) is 1. The summed E-state index contributed by atoms with van der Waals surface area (Å²) < 4.78 is 48.8.